The van der Waals surface area contributed by atoms with Gasteiger partial charge in [-0.1, -0.05) is 12.8 Å². The fraction of sp³-hybridized carbons (Fsp3) is 1.00. The molecule has 1 unspecified atom stereocenters. The van der Waals surface area contributed by atoms with Crippen molar-refractivity contribution in [2.45, 2.75) is 31.1 Å². The van der Waals surface area contributed by atoms with Crippen LogP contribution < -0.4 is 5.32 Å². The lowest BCUT2D eigenvalue weighted by atomic mass is 10.1. The van der Waals surface area contributed by atoms with Crippen LogP contribution >= 0.6 is 11.8 Å². The molecule has 0 aromatic heterocycles. The summed E-state index contributed by atoms with van der Waals surface area (Å²) in [5.74, 6) is 2.37. The van der Waals surface area contributed by atoms with Crippen molar-refractivity contribution in [2.24, 2.45) is 5.92 Å². The van der Waals surface area contributed by atoms with E-state index >= 15 is 0 Å². The lowest BCUT2D eigenvalue weighted by Crippen LogP contribution is -2.33. The number of rotatable bonds is 2. The molecule has 0 aromatic carbocycles. The molecule has 2 heteroatoms. The van der Waals surface area contributed by atoms with Crippen LogP contribution in [-0.4, -0.2) is 17.2 Å². The van der Waals surface area contributed by atoms with E-state index in [4.69, 9.17) is 0 Å². The molecule has 1 heterocycles. The van der Waals surface area contributed by atoms with Crippen molar-refractivity contribution >= 4 is 11.8 Å². The third-order valence-corrected chi connectivity index (χ3v) is 3.75. The molecule has 0 radical (unpaired) electrons. The molecule has 10 heavy (non-hydrogen) atoms. The quantitative estimate of drug-likeness (QED) is 0.656. The Balaban J connectivity index is 1.86. The number of hydrogen-bond donors (Lipinski definition) is 1. The van der Waals surface area contributed by atoms with Crippen LogP contribution in [0.3, 0.4) is 0 Å². The molecule has 0 aromatic rings. The molecular formula is C8H15NS. The molecule has 2 fully saturated rings. The van der Waals surface area contributed by atoms with Crippen LogP contribution in [0.25, 0.3) is 0 Å². The summed E-state index contributed by atoms with van der Waals surface area (Å²) < 4.78 is 0. The van der Waals surface area contributed by atoms with Crippen LogP contribution in [0.4, 0.5) is 0 Å². The lowest BCUT2D eigenvalue weighted by Gasteiger charge is -2.22. The van der Waals surface area contributed by atoms with Gasteiger partial charge in [-0.15, -0.1) is 11.8 Å². The van der Waals surface area contributed by atoms with Crippen LogP contribution in [0.2, 0.25) is 0 Å². The third-order valence-electron chi connectivity index (χ3n) is 2.40. The van der Waals surface area contributed by atoms with Crippen LogP contribution in [0.1, 0.15) is 26.2 Å². The second kappa shape index (κ2) is 2.42. The van der Waals surface area contributed by atoms with Gasteiger partial charge in [-0.25, -0.2) is 0 Å². The van der Waals surface area contributed by atoms with E-state index in [1.54, 1.807) is 0 Å². The minimum Gasteiger partial charge on any atom is -0.302 e. The second-order valence-corrected chi connectivity index (χ2v) is 5.25. The Morgan fingerprint density at radius 2 is 2.40 bits per heavy atom. The molecule has 58 valence electrons. The minimum absolute atomic E-state index is 0.446. The summed E-state index contributed by atoms with van der Waals surface area (Å²) in [5.41, 5.74) is 0. The first kappa shape index (κ1) is 6.99. The van der Waals surface area contributed by atoms with Gasteiger partial charge in [0.05, 0.1) is 4.87 Å². The molecule has 2 rings (SSSR count). The van der Waals surface area contributed by atoms with Crippen molar-refractivity contribution in [3.8, 4) is 0 Å². The monoisotopic (exact) mass is 157 g/mol. The van der Waals surface area contributed by atoms with Crippen molar-refractivity contribution in [3.05, 3.63) is 0 Å². The summed E-state index contributed by atoms with van der Waals surface area (Å²) in [6.07, 6.45) is 4.37. The van der Waals surface area contributed by atoms with Gasteiger partial charge in [0.2, 0.25) is 0 Å². The Labute approximate surface area is 67.0 Å². The Bertz CT molecular complexity index is 125. The van der Waals surface area contributed by atoms with E-state index < -0.39 is 0 Å². The summed E-state index contributed by atoms with van der Waals surface area (Å²) in [6.45, 7) is 3.57. The molecule has 1 saturated heterocycles. The van der Waals surface area contributed by atoms with Gasteiger partial charge >= 0.3 is 0 Å². The lowest BCUT2D eigenvalue weighted by molar-refractivity contribution is 0.478. The highest BCUT2D eigenvalue weighted by Gasteiger charge is 2.35. The molecule has 0 bridgehead atoms. The van der Waals surface area contributed by atoms with Crippen LogP contribution in [0.15, 0.2) is 0 Å². The van der Waals surface area contributed by atoms with E-state index in [2.05, 4.69) is 24.0 Å². The minimum atomic E-state index is 0.446. The van der Waals surface area contributed by atoms with Crippen molar-refractivity contribution in [1.29, 1.82) is 0 Å². The first-order valence-electron chi connectivity index (χ1n) is 4.17. The van der Waals surface area contributed by atoms with Gasteiger partial charge in [0.1, 0.15) is 0 Å². The number of hydrogen-bond acceptors (Lipinski definition) is 2. The summed E-state index contributed by atoms with van der Waals surface area (Å²) in [5, 5.41) is 3.57. The van der Waals surface area contributed by atoms with Gasteiger partial charge in [-0.05, 0) is 19.3 Å². The van der Waals surface area contributed by atoms with Gasteiger partial charge in [-0.2, -0.15) is 0 Å². The average Bonchev–Trinajstić information content (AvgIpc) is 2.56. The van der Waals surface area contributed by atoms with Crippen molar-refractivity contribution in [2.75, 3.05) is 12.3 Å². The molecule has 1 aliphatic heterocycles. The normalized spacial score (nSPS) is 40.5. The van der Waals surface area contributed by atoms with Gasteiger partial charge in [0.15, 0.2) is 0 Å². The Kier molecular flexibility index (Phi) is 1.69. The molecule has 1 saturated carbocycles. The first-order chi connectivity index (χ1) is 4.79. The van der Waals surface area contributed by atoms with Gasteiger partial charge in [-0.3, -0.25) is 0 Å². The van der Waals surface area contributed by atoms with Gasteiger partial charge in [0, 0.05) is 12.3 Å². The topological polar surface area (TPSA) is 12.0 Å². The van der Waals surface area contributed by atoms with E-state index in [0.29, 0.717) is 4.87 Å². The maximum absolute atomic E-state index is 3.57. The maximum atomic E-state index is 3.57. The van der Waals surface area contributed by atoms with Gasteiger partial charge in [0.25, 0.3) is 0 Å². The van der Waals surface area contributed by atoms with E-state index in [1.165, 1.54) is 31.6 Å². The predicted octanol–water partition coefficient (Wildman–Crippen LogP) is 1.84. The van der Waals surface area contributed by atoms with Crippen LogP contribution in [-0.2, 0) is 0 Å². The molecule has 1 N–H and O–H groups in total. The molecule has 2 aliphatic rings. The molecule has 0 spiro atoms. The molecule has 1 atom stereocenters. The Morgan fingerprint density at radius 1 is 1.60 bits per heavy atom. The molecule has 1 nitrogen and oxygen atoms in total. The van der Waals surface area contributed by atoms with E-state index in [9.17, 15) is 0 Å². The van der Waals surface area contributed by atoms with Crippen LogP contribution in [0, 0.1) is 5.92 Å². The highest BCUT2D eigenvalue weighted by atomic mass is 32.2. The van der Waals surface area contributed by atoms with Gasteiger partial charge < -0.3 is 5.32 Å². The second-order valence-electron chi connectivity index (χ2n) is 3.65. The van der Waals surface area contributed by atoms with E-state index in [1.807, 2.05) is 0 Å². The van der Waals surface area contributed by atoms with Crippen molar-refractivity contribution < 1.29 is 0 Å². The average molecular weight is 157 g/mol. The summed E-state index contributed by atoms with van der Waals surface area (Å²) in [4.78, 5) is 0.446. The smallest absolute Gasteiger partial charge is 0.0620 e. The highest BCUT2D eigenvalue weighted by molar-refractivity contribution is 8.00. The van der Waals surface area contributed by atoms with Crippen LogP contribution in [0.5, 0.6) is 0 Å². The molecular weight excluding hydrogens is 142 g/mol. The summed E-state index contributed by atoms with van der Waals surface area (Å²) in [7, 11) is 0. The number of thioether (sulfide) groups is 1. The zero-order valence-corrected chi connectivity index (χ0v) is 7.34. The largest absolute Gasteiger partial charge is 0.302 e. The fourth-order valence-corrected chi connectivity index (χ4v) is 2.86. The number of nitrogens with one attached hydrogen (secondary N) is 1. The van der Waals surface area contributed by atoms with Crippen molar-refractivity contribution in [1.82, 2.24) is 5.32 Å². The Morgan fingerprint density at radius 3 is 2.90 bits per heavy atom. The molecule has 1 aliphatic carbocycles. The van der Waals surface area contributed by atoms with E-state index in [-0.39, 0.29) is 0 Å². The fourth-order valence-electron chi connectivity index (χ4n) is 1.65. The SMILES string of the molecule is CC1(CC2CC2)NCCS1. The zero-order valence-electron chi connectivity index (χ0n) is 6.52. The zero-order chi connectivity index (χ0) is 7.03. The third kappa shape index (κ3) is 1.48. The summed E-state index contributed by atoms with van der Waals surface area (Å²) >= 11 is 2.10. The van der Waals surface area contributed by atoms with E-state index in [0.717, 1.165) is 5.92 Å². The summed E-state index contributed by atoms with van der Waals surface area (Å²) in [6, 6.07) is 0. The first-order valence-corrected chi connectivity index (χ1v) is 5.16. The predicted molar refractivity (Wildman–Crippen MR) is 46.2 cm³/mol. The molecule has 0 amide bonds. The maximum Gasteiger partial charge on any atom is 0.0620 e. The standard InChI is InChI=1S/C8H15NS/c1-8(6-7-2-3-7)9-4-5-10-8/h7,9H,2-6H2,1H3. The highest BCUT2D eigenvalue weighted by Crippen LogP contribution is 2.42. The van der Waals surface area contributed by atoms with Crippen molar-refractivity contribution in [3.63, 3.8) is 0 Å². The Hall–Kier alpha value is 0.310.